The van der Waals surface area contributed by atoms with Crippen molar-refractivity contribution in [2.24, 2.45) is 0 Å². The molecule has 0 aromatic heterocycles. The van der Waals surface area contributed by atoms with Crippen LogP contribution in [0.4, 0.5) is 0 Å². The zero-order valence-corrected chi connectivity index (χ0v) is 5.15. The second kappa shape index (κ2) is 2.74. The van der Waals surface area contributed by atoms with Gasteiger partial charge in [-0.05, 0) is 17.6 Å². The van der Waals surface area contributed by atoms with Crippen LogP contribution >= 0.6 is 21.9 Å². The lowest BCUT2D eigenvalue weighted by Crippen LogP contribution is -1.40. The molecule has 0 aliphatic carbocycles. The summed E-state index contributed by atoms with van der Waals surface area (Å²) >= 11 is 3.83. The highest BCUT2D eigenvalue weighted by Gasteiger charge is 1.61. The number of allylic oxidation sites excluding steroid dienone is 1. The molecule has 0 saturated carbocycles. The summed E-state index contributed by atoms with van der Waals surface area (Å²) in [5, 5.41) is 2.90. The zero-order chi connectivity index (χ0) is 4.28. The SMILES string of the molecule is C/C(P)=C/S. The third-order valence-electron chi connectivity index (χ3n) is 0.204. The summed E-state index contributed by atoms with van der Waals surface area (Å²) in [4.78, 5) is 0. The number of hydrogen-bond donors (Lipinski definition) is 1. The van der Waals surface area contributed by atoms with Crippen molar-refractivity contribution < 1.29 is 0 Å². The first-order valence-electron chi connectivity index (χ1n) is 1.34. The summed E-state index contributed by atoms with van der Waals surface area (Å²) in [6, 6.07) is 0. The van der Waals surface area contributed by atoms with Crippen molar-refractivity contribution in [3.63, 3.8) is 0 Å². The van der Waals surface area contributed by atoms with Crippen LogP contribution in [-0.4, -0.2) is 0 Å². The van der Waals surface area contributed by atoms with E-state index in [0.29, 0.717) is 0 Å². The minimum Gasteiger partial charge on any atom is -0.151 e. The molecule has 1 atom stereocenters. The quantitative estimate of drug-likeness (QED) is 0.352. The number of rotatable bonds is 0. The summed E-state index contributed by atoms with van der Waals surface area (Å²) in [7, 11) is 2.52. The van der Waals surface area contributed by atoms with E-state index in [0.717, 1.165) is 5.31 Å². The maximum Gasteiger partial charge on any atom is -0.0295 e. The molecule has 0 aromatic carbocycles. The maximum absolute atomic E-state index is 3.83. The molecule has 0 rings (SSSR count). The molecule has 5 heavy (non-hydrogen) atoms. The Kier molecular flexibility index (Phi) is 3.03. The molecule has 0 nitrogen and oxygen atoms in total. The van der Waals surface area contributed by atoms with Crippen LogP contribution in [0, 0.1) is 0 Å². The zero-order valence-electron chi connectivity index (χ0n) is 3.10. The highest BCUT2D eigenvalue weighted by Crippen LogP contribution is 2.01. The van der Waals surface area contributed by atoms with Crippen LogP contribution in [-0.2, 0) is 0 Å². The molecule has 0 saturated heterocycles. The first-order chi connectivity index (χ1) is 2.27. The molecule has 0 heterocycles. The summed E-state index contributed by atoms with van der Waals surface area (Å²) in [6.07, 6.45) is 0. The number of thiol groups is 1. The molecule has 0 aromatic rings. The van der Waals surface area contributed by atoms with Crippen molar-refractivity contribution >= 4 is 21.9 Å². The van der Waals surface area contributed by atoms with Gasteiger partial charge in [0.1, 0.15) is 0 Å². The van der Waals surface area contributed by atoms with Crippen LogP contribution in [0.1, 0.15) is 6.92 Å². The second-order valence-corrected chi connectivity index (χ2v) is 2.04. The van der Waals surface area contributed by atoms with Gasteiger partial charge in [0.05, 0.1) is 0 Å². The fraction of sp³-hybridized carbons (Fsp3) is 0.333. The van der Waals surface area contributed by atoms with Gasteiger partial charge in [-0.3, -0.25) is 0 Å². The van der Waals surface area contributed by atoms with Crippen LogP contribution in [0.15, 0.2) is 10.7 Å². The van der Waals surface area contributed by atoms with E-state index in [1.807, 2.05) is 6.92 Å². The number of hydrogen-bond acceptors (Lipinski definition) is 1. The van der Waals surface area contributed by atoms with Gasteiger partial charge >= 0.3 is 0 Å². The minimum absolute atomic E-state index is 1.16. The normalized spacial score (nSPS) is 12.2. The Morgan fingerprint density at radius 3 is 2.20 bits per heavy atom. The Morgan fingerprint density at radius 1 is 2.00 bits per heavy atom. The molecular weight excluding hydrogens is 99.1 g/mol. The largest absolute Gasteiger partial charge is 0.151 e. The molecule has 1 unspecified atom stereocenters. The van der Waals surface area contributed by atoms with E-state index in [1.54, 1.807) is 5.41 Å². The molecule has 0 N–H and O–H groups in total. The smallest absolute Gasteiger partial charge is 0.0295 e. The predicted octanol–water partition coefficient (Wildman–Crippen LogP) is 1.65. The van der Waals surface area contributed by atoms with E-state index < -0.39 is 0 Å². The first-order valence-corrected chi connectivity index (χ1v) is 2.43. The van der Waals surface area contributed by atoms with E-state index in [4.69, 9.17) is 0 Å². The molecular formula is C3H7PS. The lowest BCUT2D eigenvalue weighted by Gasteiger charge is -1.73. The monoisotopic (exact) mass is 106 g/mol. The molecule has 0 fully saturated rings. The average Bonchev–Trinajstić information content (AvgIpc) is 1.38. The van der Waals surface area contributed by atoms with Crippen molar-refractivity contribution in [1.29, 1.82) is 0 Å². The van der Waals surface area contributed by atoms with Gasteiger partial charge in [0.2, 0.25) is 0 Å². The Balaban J connectivity index is 3.14. The Hall–Kier alpha value is 0.520. The van der Waals surface area contributed by atoms with E-state index in [9.17, 15) is 0 Å². The molecule has 0 radical (unpaired) electrons. The van der Waals surface area contributed by atoms with Gasteiger partial charge in [0.25, 0.3) is 0 Å². The van der Waals surface area contributed by atoms with Crippen molar-refractivity contribution in [1.82, 2.24) is 0 Å². The second-order valence-electron chi connectivity index (χ2n) is 0.873. The third kappa shape index (κ3) is 4.52. The van der Waals surface area contributed by atoms with Crippen molar-refractivity contribution in [2.45, 2.75) is 6.92 Å². The highest BCUT2D eigenvalue weighted by molar-refractivity contribution is 7.83. The molecule has 0 aliphatic heterocycles. The van der Waals surface area contributed by atoms with E-state index >= 15 is 0 Å². The lowest BCUT2D eigenvalue weighted by molar-refractivity contribution is 1.73. The third-order valence-corrected chi connectivity index (χ3v) is 1.06. The van der Waals surface area contributed by atoms with Gasteiger partial charge in [0.15, 0.2) is 0 Å². The van der Waals surface area contributed by atoms with Gasteiger partial charge in [-0.2, -0.15) is 12.6 Å². The molecule has 0 amide bonds. The fourth-order valence-electron chi connectivity index (χ4n) is 0. The summed E-state index contributed by atoms with van der Waals surface area (Å²) in [5.74, 6) is 0. The topological polar surface area (TPSA) is 0 Å². The van der Waals surface area contributed by atoms with Crippen molar-refractivity contribution in [3.8, 4) is 0 Å². The molecule has 0 bridgehead atoms. The van der Waals surface area contributed by atoms with E-state index in [2.05, 4.69) is 21.9 Å². The summed E-state index contributed by atoms with van der Waals surface area (Å²) in [5.41, 5.74) is 0. The van der Waals surface area contributed by atoms with E-state index in [1.165, 1.54) is 0 Å². The van der Waals surface area contributed by atoms with Crippen LogP contribution in [0.2, 0.25) is 0 Å². The Bertz CT molecular complexity index is 44.9. The molecule has 30 valence electrons. The van der Waals surface area contributed by atoms with E-state index in [-0.39, 0.29) is 0 Å². The van der Waals surface area contributed by atoms with Crippen LogP contribution in [0.5, 0.6) is 0 Å². The lowest BCUT2D eigenvalue weighted by atomic mass is 10.8. The van der Waals surface area contributed by atoms with Crippen LogP contribution in [0.25, 0.3) is 0 Å². The minimum atomic E-state index is 1.16. The van der Waals surface area contributed by atoms with Crippen molar-refractivity contribution in [2.75, 3.05) is 0 Å². The average molecular weight is 106 g/mol. The van der Waals surface area contributed by atoms with Gasteiger partial charge in [-0.15, -0.1) is 9.24 Å². The maximum atomic E-state index is 3.83. The van der Waals surface area contributed by atoms with Gasteiger partial charge in [0, 0.05) is 0 Å². The van der Waals surface area contributed by atoms with Crippen LogP contribution < -0.4 is 0 Å². The van der Waals surface area contributed by atoms with Crippen molar-refractivity contribution in [3.05, 3.63) is 10.7 Å². The Morgan fingerprint density at radius 2 is 2.20 bits per heavy atom. The molecule has 2 heteroatoms. The summed E-state index contributed by atoms with van der Waals surface area (Å²) in [6.45, 7) is 1.97. The molecule has 0 aliphatic rings. The van der Waals surface area contributed by atoms with Gasteiger partial charge in [-0.1, -0.05) is 0 Å². The van der Waals surface area contributed by atoms with Gasteiger partial charge < -0.3 is 0 Å². The standard InChI is InChI=1S/C3H7PS/c1-3(4)2-5/h2,5H,4H2,1H3/b3-2-. The fourth-order valence-corrected chi connectivity index (χ4v) is 0. The van der Waals surface area contributed by atoms with Gasteiger partial charge in [-0.25, -0.2) is 0 Å². The van der Waals surface area contributed by atoms with Crippen LogP contribution in [0.3, 0.4) is 0 Å². The first kappa shape index (κ1) is 5.52. The Labute approximate surface area is 40.3 Å². The highest BCUT2D eigenvalue weighted by atomic mass is 32.1. The summed E-state index contributed by atoms with van der Waals surface area (Å²) < 4.78 is 0. The predicted molar refractivity (Wildman–Crippen MR) is 32.5 cm³/mol. The molecule has 0 spiro atoms.